The Kier molecular flexibility index (Phi) is 4.07. The lowest BCUT2D eigenvalue weighted by molar-refractivity contribution is -0.136. The molecule has 0 radical (unpaired) electrons. The minimum absolute atomic E-state index is 0.0177. The second kappa shape index (κ2) is 5.10. The monoisotopic (exact) mass is 199 g/mol. The smallest absolute Gasteiger partial charge is 0.230 e. The molecule has 14 heavy (non-hydrogen) atoms. The van der Waals surface area contributed by atoms with Gasteiger partial charge in [-0.1, -0.05) is 0 Å². The van der Waals surface area contributed by atoms with Crippen molar-refractivity contribution in [3.05, 3.63) is 0 Å². The first-order valence-corrected chi connectivity index (χ1v) is 5.01. The maximum Gasteiger partial charge on any atom is 0.230 e. The van der Waals surface area contributed by atoms with Crippen LogP contribution in [0.5, 0.6) is 0 Å². The molecule has 1 amide bonds. The molecule has 1 saturated heterocycles. The number of amides is 1. The molecule has 0 aliphatic carbocycles. The number of nitrogens with zero attached hydrogens (tertiary/aromatic N) is 1. The maximum atomic E-state index is 11.4. The molecule has 80 valence electrons. The quantitative estimate of drug-likeness (QED) is 0.660. The minimum atomic E-state index is -0.0840. The Hall–Kier alpha value is -0.900. The van der Waals surface area contributed by atoms with Gasteiger partial charge in [0.05, 0.1) is 6.42 Å². The van der Waals surface area contributed by atoms with Gasteiger partial charge in [-0.05, 0) is 25.7 Å². The van der Waals surface area contributed by atoms with Crippen LogP contribution in [-0.4, -0.2) is 41.4 Å². The van der Waals surface area contributed by atoms with E-state index in [1.54, 1.807) is 4.90 Å². The van der Waals surface area contributed by atoms with Crippen LogP contribution in [0.3, 0.4) is 0 Å². The molecule has 1 rings (SSSR count). The molecule has 0 bridgehead atoms. The highest BCUT2D eigenvalue weighted by atomic mass is 16.3. The number of likely N-dealkylation sites (tertiary alicyclic amines) is 1. The molecule has 1 aliphatic heterocycles. The van der Waals surface area contributed by atoms with Gasteiger partial charge in [0.15, 0.2) is 0 Å². The highest BCUT2D eigenvalue weighted by molar-refractivity contribution is 5.96. The lowest BCUT2D eigenvalue weighted by atomic mass is 9.97. The molecule has 0 saturated carbocycles. The van der Waals surface area contributed by atoms with Gasteiger partial charge in [0.25, 0.3) is 0 Å². The molecular formula is C10H17NO3. The van der Waals surface area contributed by atoms with Crippen LogP contribution in [0.15, 0.2) is 0 Å². The first-order chi connectivity index (χ1) is 6.63. The molecule has 4 nitrogen and oxygen atoms in total. The summed E-state index contributed by atoms with van der Waals surface area (Å²) < 4.78 is 0. The summed E-state index contributed by atoms with van der Waals surface area (Å²) in [7, 11) is 0. The number of piperidine rings is 1. The molecule has 1 fully saturated rings. The average molecular weight is 199 g/mol. The topological polar surface area (TPSA) is 57.6 Å². The van der Waals surface area contributed by atoms with Crippen molar-refractivity contribution < 1.29 is 14.7 Å². The fourth-order valence-electron chi connectivity index (χ4n) is 1.69. The SMILES string of the molecule is CC(=O)CC(=O)N1CCC(CO)CC1. The maximum absolute atomic E-state index is 11.4. The van der Waals surface area contributed by atoms with E-state index < -0.39 is 0 Å². The Morgan fingerprint density at radius 1 is 1.36 bits per heavy atom. The van der Waals surface area contributed by atoms with E-state index in [-0.39, 0.29) is 24.7 Å². The Labute approximate surface area is 83.9 Å². The number of carbonyl (C=O) groups is 2. The standard InChI is InChI=1S/C10H17NO3/c1-8(13)6-10(14)11-4-2-9(7-12)3-5-11/h9,12H,2-7H2,1H3. The highest BCUT2D eigenvalue weighted by Crippen LogP contribution is 2.16. The molecule has 1 aliphatic rings. The number of rotatable bonds is 3. The fraction of sp³-hybridized carbons (Fsp3) is 0.800. The van der Waals surface area contributed by atoms with Gasteiger partial charge in [-0.3, -0.25) is 9.59 Å². The van der Waals surface area contributed by atoms with E-state index in [0.29, 0.717) is 19.0 Å². The van der Waals surface area contributed by atoms with Crippen molar-refractivity contribution in [2.24, 2.45) is 5.92 Å². The highest BCUT2D eigenvalue weighted by Gasteiger charge is 2.22. The third kappa shape index (κ3) is 3.10. The van der Waals surface area contributed by atoms with Gasteiger partial charge in [0.2, 0.25) is 5.91 Å². The van der Waals surface area contributed by atoms with Gasteiger partial charge in [0, 0.05) is 19.7 Å². The van der Waals surface area contributed by atoms with Crippen LogP contribution < -0.4 is 0 Å². The molecule has 4 heteroatoms. The average Bonchev–Trinajstić information content (AvgIpc) is 2.17. The van der Waals surface area contributed by atoms with Gasteiger partial charge >= 0.3 is 0 Å². The predicted molar refractivity (Wildman–Crippen MR) is 51.7 cm³/mol. The Morgan fingerprint density at radius 2 is 1.93 bits per heavy atom. The summed E-state index contributed by atoms with van der Waals surface area (Å²) in [5.74, 6) is 0.171. The zero-order valence-corrected chi connectivity index (χ0v) is 8.53. The van der Waals surface area contributed by atoms with Gasteiger partial charge in [-0.25, -0.2) is 0 Å². The normalized spacial score (nSPS) is 18.3. The molecule has 0 unspecified atom stereocenters. The zero-order chi connectivity index (χ0) is 10.6. The van der Waals surface area contributed by atoms with E-state index in [1.807, 2.05) is 0 Å². The summed E-state index contributed by atoms with van der Waals surface area (Å²) in [5.41, 5.74) is 0. The summed E-state index contributed by atoms with van der Waals surface area (Å²) in [5, 5.41) is 8.90. The molecular weight excluding hydrogens is 182 g/mol. The number of Topliss-reactive ketones (excluding diaryl/α,β-unsaturated/α-hetero) is 1. The van der Waals surface area contributed by atoms with Crippen molar-refractivity contribution in [1.82, 2.24) is 4.90 Å². The summed E-state index contributed by atoms with van der Waals surface area (Å²) in [4.78, 5) is 23.9. The third-order valence-corrected chi connectivity index (χ3v) is 2.63. The summed E-state index contributed by atoms with van der Waals surface area (Å²) >= 11 is 0. The number of hydrogen-bond acceptors (Lipinski definition) is 3. The summed E-state index contributed by atoms with van der Waals surface area (Å²) in [6.45, 7) is 2.99. The van der Waals surface area contributed by atoms with E-state index in [9.17, 15) is 9.59 Å². The predicted octanol–water partition coefficient (Wildman–Crippen LogP) is 0.196. The zero-order valence-electron chi connectivity index (χ0n) is 8.53. The third-order valence-electron chi connectivity index (χ3n) is 2.63. The molecule has 0 aromatic heterocycles. The molecule has 0 aromatic rings. The van der Waals surface area contributed by atoms with Crippen LogP contribution in [0, 0.1) is 5.92 Å². The van der Waals surface area contributed by atoms with Crippen LogP contribution in [0.25, 0.3) is 0 Å². The van der Waals surface area contributed by atoms with Gasteiger partial charge in [-0.15, -0.1) is 0 Å². The Balaban J connectivity index is 2.34. The van der Waals surface area contributed by atoms with Crippen LogP contribution in [0.1, 0.15) is 26.2 Å². The number of carbonyl (C=O) groups excluding carboxylic acids is 2. The number of ketones is 1. The largest absolute Gasteiger partial charge is 0.396 e. The van der Waals surface area contributed by atoms with E-state index in [1.165, 1.54) is 6.92 Å². The van der Waals surface area contributed by atoms with E-state index in [2.05, 4.69) is 0 Å². The van der Waals surface area contributed by atoms with Crippen molar-refractivity contribution in [2.45, 2.75) is 26.2 Å². The Morgan fingerprint density at radius 3 is 2.36 bits per heavy atom. The summed E-state index contributed by atoms with van der Waals surface area (Å²) in [6.07, 6.45) is 1.71. The van der Waals surface area contributed by atoms with Crippen LogP contribution in [0.4, 0.5) is 0 Å². The van der Waals surface area contributed by atoms with Crippen LogP contribution in [0.2, 0.25) is 0 Å². The van der Waals surface area contributed by atoms with Crippen molar-refractivity contribution in [3.8, 4) is 0 Å². The van der Waals surface area contributed by atoms with Gasteiger partial charge in [-0.2, -0.15) is 0 Å². The summed E-state index contributed by atoms with van der Waals surface area (Å²) in [6, 6.07) is 0. The molecule has 1 heterocycles. The van der Waals surface area contributed by atoms with E-state index in [4.69, 9.17) is 5.11 Å². The van der Waals surface area contributed by atoms with Gasteiger partial charge in [0.1, 0.15) is 5.78 Å². The van der Waals surface area contributed by atoms with Crippen LogP contribution in [-0.2, 0) is 9.59 Å². The fourth-order valence-corrected chi connectivity index (χ4v) is 1.69. The van der Waals surface area contributed by atoms with Crippen LogP contribution >= 0.6 is 0 Å². The van der Waals surface area contributed by atoms with Crippen molar-refractivity contribution >= 4 is 11.7 Å². The lowest BCUT2D eigenvalue weighted by Crippen LogP contribution is -2.39. The van der Waals surface area contributed by atoms with E-state index >= 15 is 0 Å². The van der Waals surface area contributed by atoms with E-state index in [0.717, 1.165) is 12.8 Å². The van der Waals surface area contributed by atoms with Crippen molar-refractivity contribution in [2.75, 3.05) is 19.7 Å². The molecule has 1 N–H and O–H groups in total. The molecule has 0 aromatic carbocycles. The number of hydrogen-bond donors (Lipinski definition) is 1. The minimum Gasteiger partial charge on any atom is -0.396 e. The van der Waals surface area contributed by atoms with Gasteiger partial charge < -0.3 is 10.0 Å². The molecule has 0 atom stereocenters. The lowest BCUT2D eigenvalue weighted by Gasteiger charge is -2.30. The van der Waals surface area contributed by atoms with Crippen molar-refractivity contribution in [1.29, 1.82) is 0 Å². The second-order valence-corrected chi connectivity index (χ2v) is 3.89. The first-order valence-electron chi connectivity index (χ1n) is 5.01. The Bertz CT molecular complexity index is 219. The first kappa shape index (κ1) is 11.2. The number of aliphatic hydroxyl groups excluding tert-OH is 1. The number of aliphatic hydroxyl groups is 1. The second-order valence-electron chi connectivity index (χ2n) is 3.89. The van der Waals surface area contributed by atoms with Crippen molar-refractivity contribution in [3.63, 3.8) is 0 Å². The molecule has 0 spiro atoms.